The van der Waals surface area contributed by atoms with Crippen molar-refractivity contribution >= 4 is 12.0 Å². The van der Waals surface area contributed by atoms with E-state index in [2.05, 4.69) is 10.1 Å². The Morgan fingerprint density at radius 2 is 1.81 bits per heavy atom. The molecule has 1 unspecified atom stereocenters. The highest BCUT2D eigenvalue weighted by Crippen LogP contribution is 2.15. The van der Waals surface area contributed by atoms with Gasteiger partial charge in [-0.15, -0.1) is 0 Å². The molecule has 0 aliphatic rings. The number of carbonyl (C=O) groups excluding carboxylic acids is 1. The van der Waals surface area contributed by atoms with E-state index in [1.165, 1.54) is 4.90 Å². The van der Waals surface area contributed by atoms with Gasteiger partial charge >= 0.3 is 18.2 Å². The molecule has 0 aliphatic carbocycles. The van der Waals surface area contributed by atoms with Gasteiger partial charge in [0.1, 0.15) is 19.0 Å². The first-order valence-electron chi connectivity index (χ1n) is 10.4. The summed E-state index contributed by atoms with van der Waals surface area (Å²) in [6.45, 7) is 3.42. The largest absolute Gasteiger partial charge is 0.492 e. The third kappa shape index (κ3) is 11.8. The zero-order valence-corrected chi connectivity index (χ0v) is 18.3. The van der Waals surface area contributed by atoms with Gasteiger partial charge in [0.25, 0.3) is 0 Å². The minimum absolute atomic E-state index is 0.114. The fourth-order valence-electron chi connectivity index (χ4n) is 2.75. The molecule has 0 aliphatic heterocycles. The van der Waals surface area contributed by atoms with Gasteiger partial charge in [-0.25, -0.2) is 9.59 Å². The van der Waals surface area contributed by atoms with Crippen LogP contribution in [-0.2, 0) is 20.7 Å². The highest BCUT2D eigenvalue weighted by atomic mass is 19.4. The molecule has 2 N–H and O–H groups in total. The molecule has 1 atom stereocenters. The van der Waals surface area contributed by atoms with Crippen molar-refractivity contribution in [2.75, 3.05) is 46.1 Å². The predicted molar refractivity (Wildman–Crippen MR) is 111 cm³/mol. The first-order valence-corrected chi connectivity index (χ1v) is 10.4. The number of halogens is 3. The molecule has 0 saturated heterocycles. The third-order valence-corrected chi connectivity index (χ3v) is 4.22. The highest BCUT2D eigenvalue weighted by molar-refractivity contribution is 5.74. The van der Waals surface area contributed by atoms with Gasteiger partial charge in [-0.1, -0.05) is 12.1 Å². The molecule has 0 fully saturated rings. The van der Waals surface area contributed by atoms with Crippen LogP contribution in [-0.4, -0.2) is 80.3 Å². The zero-order chi connectivity index (χ0) is 24.0. The van der Waals surface area contributed by atoms with Crippen LogP contribution in [0.1, 0.15) is 25.8 Å². The number of alkyl halides is 3. The Kier molecular flexibility index (Phi) is 12.5. The Bertz CT molecular complexity index is 685. The van der Waals surface area contributed by atoms with Crippen LogP contribution in [0.25, 0.3) is 0 Å². The monoisotopic (exact) mass is 464 g/mol. The lowest BCUT2D eigenvalue weighted by atomic mass is 10.1. The van der Waals surface area contributed by atoms with Crippen LogP contribution in [0, 0.1) is 0 Å². The number of urea groups is 1. The number of amides is 2. The van der Waals surface area contributed by atoms with Gasteiger partial charge in [-0.3, -0.25) is 0 Å². The van der Waals surface area contributed by atoms with Crippen LogP contribution in [0.3, 0.4) is 0 Å². The SMILES string of the molecule is CCNC(=O)N(CCCOCC(F)(F)F)CCOc1ccc(CC(OCC)C(=O)O)cc1. The molecule has 1 aromatic carbocycles. The normalized spacial score (nSPS) is 12.3. The number of carbonyl (C=O) groups is 2. The number of benzene rings is 1. The topological polar surface area (TPSA) is 97.3 Å². The third-order valence-electron chi connectivity index (χ3n) is 4.22. The predicted octanol–water partition coefficient (Wildman–Crippen LogP) is 3.10. The number of nitrogens with one attached hydrogen (secondary N) is 1. The Balaban J connectivity index is 2.49. The van der Waals surface area contributed by atoms with E-state index < -0.39 is 24.9 Å². The van der Waals surface area contributed by atoms with Crippen LogP contribution < -0.4 is 10.1 Å². The summed E-state index contributed by atoms with van der Waals surface area (Å²) in [5.74, 6) is -0.483. The number of carboxylic acid groups (broad SMARTS) is 1. The number of nitrogens with zero attached hydrogens (tertiary/aromatic N) is 1. The van der Waals surface area contributed by atoms with Crippen LogP contribution in [0.4, 0.5) is 18.0 Å². The number of rotatable bonds is 15. The molecule has 1 aromatic rings. The summed E-state index contributed by atoms with van der Waals surface area (Å²) in [7, 11) is 0. The molecule has 0 aromatic heterocycles. The van der Waals surface area contributed by atoms with Crippen LogP contribution in [0.2, 0.25) is 0 Å². The summed E-state index contributed by atoms with van der Waals surface area (Å²) in [4.78, 5) is 24.8. The fraction of sp³-hybridized carbons (Fsp3) is 0.619. The van der Waals surface area contributed by atoms with Gasteiger partial charge in [0, 0.05) is 32.7 Å². The molecule has 1 rings (SSSR count). The highest BCUT2D eigenvalue weighted by Gasteiger charge is 2.27. The Morgan fingerprint density at radius 1 is 1.12 bits per heavy atom. The molecule has 0 heterocycles. The smallest absolute Gasteiger partial charge is 0.411 e. The van der Waals surface area contributed by atoms with Crippen molar-refractivity contribution in [3.63, 3.8) is 0 Å². The second kappa shape index (κ2) is 14.5. The average molecular weight is 464 g/mol. The molecule has 0 bridgehead atoms. The Morgan fingerprint density at radius 3 is 2.38 bits per heavy atom. The Labute approximate surface area is 185 Å². The van der Waals surface area contributed by atoms with E-state index in [0.717, 1.165) is 5.56 Å². The minimum atomic E-state index is -4.37. The maximum absolute atomic E-state index is 12.1. The summed E-state index contributed by atoms with van der Waals surface area (Å²) in [5, 5.41) is 11.8. The molecule has 0 saturated carbocycles. The zero-order valence-electron chi connectivity index (χ0n) is 18.3. The van der Waals surface area contributed by atoms with Crippen molar-refractivity contribution in [3.8, 4) is 5.75 Å². The van der Waals surface area contributed by atoms with Gasteiger partial charge in [-0.2, -0.15) is 13.2 Å². The molecule has 182 valence electrons. The summed E-state index contributed by atoms with van der Waals surface area (Å²) in [6, 6.07) is 6.54. The van der Waals surface area contributed by atoms with E-state index in [9.17, 15) is 22.8 Å². The number of hydrogen-bond acceptors (Lipinski definition) is 5. The van der Waals surface area contributed by atoms with Gasteiger partial charge in [0.05, 0.1) is 6.54 Å². The van der Waals surface area contributed by atoms with Crippen LogP contribution in [0.5, 0.6) is 5.75 Å². The lowest BCUT2D eigenvalue weighted by molar-refractivity contribution is -0.174. The molecular formula is C21H31F3N2O6. The second-order valence-corrected chi connectivity index (χ2v) is 6.82. The molecule has 11 heteroatoms. The van der Waals surface area contributed by atoms with Crippen LogP contribution >= 0.6 is 0 Å². The fourth-order valence-corrected chi connectivity index (χ4v) is 2.75. The van der Waals surface area contributed by atoms with Crippen molar-refractivity contribution < 1.29 is 42.1 Å². The van der Waals surface area contributed by atoms with Crippen LogP contribution in [0.15, 0.2) is 24.3 Å². The molecule has 8 nitrogen and oxygen atoms in total. The molecule has 32 heavy (non-hydrogen) atoms. The minimum Gasteiger partial charge on any atom is -0.492 e. The van der Waals surface area contributed by atoms with E-state index in [1.807, 2.05) is 0 Å². The van der Waals surface area contributed by atoms with E-state index in [-0.39, 0.29) is 45.2 Å². The summed E-state index contributed by atoms with van der Waals surface area (Å²) >= 11 is 0. The van der Waals surface area contributed by atoms with Crippen molar-refractivity contribution in [1.29, 1.82) is 0 Å². The van der Waals surface area contributed by atoms with Crippen molar-refractivity contribution in [1.82, 2.24) is 10.2 Å². The lowest BCUT2D eigenvalue weighted by Crippen LogP contribution is -2.42. The second-order valence-electron chi connectivity index (χ2n) is 6.82. The number of hydrogen-bond donors (Lipinski definition) is 2. The lowest BCUT2D eigenvalue weighted by Gasteiger charge is -2.23. The van der Waals surface area contributed by atoms with E-state index in [1.54, 1.807) is 38.1 Å². The first-order chi connectivity index (χ1) is 15.2. The number of carboxylic acids is 1. The van der Waals surface area contributed by atoms with Crippen molar-refractivity contribution in [3.05, 3.63) is 29.8 Å². The molecular weight excluding hydrogens is 433 g/mol. The first kappa shape index (κ1) is 27.5. The average Bonchev–Trinajstić information content (AvgIpc) is 2.72. The summed E-state index contributed by atoms with van der Waals surface area (Å²) < 4.78 is 51.7. The van der Waals surface area contributed by atoms with Crippen molar-refractivity contribution in [2.45, 2.75) is 39.0 Å². The molecule has 0 spiro atoms. The maximum atomic E-state index is 12.1. The standard InChI is InChI=1S/C21H31F3N2O6/c1-3-25-20(29)26(10-5-12-30-15-21(22,23)24)11-13-32-17-8-6-16(7-9-17)14-18(19(27)28)31-4-2/h6-9,18H,3-5,10-15H2,1-2H3,(H,25,29)(H,27,28). The quantitative estimate of drug-likeness (QED) is 0.387. The molecule has 2 amide bonds. The van der Waals surface area contributed by atoms with E-state index >= 15 is 0 Å². The van der Waals surface area contributed by atoms with Gasteiger partial charge in [0.2, 0.25) is 0 Å². The molecule has 0 radical (unpaired) electrons. The van der Waals surface area contributed by atoms with Gasteiger partial charge in [0.15, 0.2) is 6.10 Å². The van der Waals surface area contributed by atoms with E-state index in [0.29, 0.717) is 18.9 Å². The Hall–Kier alpha value is -2.53. The van der Waals surface area contributed by atoms with Gasteiger partial charge in [-0.05, 0) is 38.0 Å². The maximum Gasteiger partial charge on any atom is 0.411 e. The summed E-state index contributed by atoms with van der Waals surface area (Å²) in [6.07, 6.45) is -4.81. The van der Waals surface area contributed by atoms with E-state index in [4.69, 9.17) is 14.6 Å². The number of ether oxygens (including phenoxy) is 3. The number of aliphatic carboxylic acids is 1. The van der Waals surface area contributed by atoms with Gasteiger partial charge < -0.3 is 29.5 Å². The van der Waals surface area contributed by atoms with Crippen molar-refractivity contribution in [2.24, 2.45) is 0 Å². The summed E-state index contributed by atoms with van der Waals surface area (Å²) in [5.41, 5.74) is 0.779.